The molecular formula is C15H24INO. The average Bonchev–Trinajstić information content (AvgIpc) is 2.32. The Kier molecular flexibility index (Phi) is 7.86. The van der Waals surface area contributed by atoms with E-state index in [0.29, 0.717) is 12.0 Å². The lowest BCUT2D eigenvalue weighted by atomic mass is 9.96. The van der Waals surface area contributed by atoms with Crippen LogP contribution in [0.5, 0.6) is 0 Å². The molecule has 2 atom stereocenters. The van der Waals surface area contributed by atoms with E-state index in [9.17, 15) is 0 Å². The molecule has 0 saturated heterocycles. The Balaban J connectivity index is 2.53. The molecule has 0 bridgehead atoms. The summed E-state index contributed by atoms with van der Waals surface area (Å²) in [7, 11) is 1.78. The summed E-state index contributed by atoms with van der Waals surface area (Å²) in [6.07, 6.45) is 2.26. The van der Waals surface area contributed by atoms with Gasteiger partial charge < -0.3 is 10.1 Å². The minimum absolute atomic E-state index is 0.542. The lowest BCUT2D eigenvalue weighted by Gasteiger charge is -2.21. The lowest BCUT2D eigenvalue weighted by Crippen LogP contribution is -2.33. The Bertz CT molecular complexity index is 326. The molecule has 0 aliphatic heterocycles. The molecule has 0 aliphatic rings. The monoisotopic (exact) mass is 361 g/mol. The van der Waals surface area contributed by atoms with Crippen molar-refractivity contribution in [2.45, 2.75) is 32.7 Å². The Morgan fingerprint density at radius 2 is 1.94 bits per heavy atom. The van der Waals surface area contributed by atoms with Gasteiger partial charge in [-0.05, 0) is 65.6 Å². The standard InChI is InChI=1S/C15H24INO/c1-4-17-15(9-12(2)11-18-3)10-13-5-7-14(16)8-6-13/h5-8,12,15,17H,4,9-11H2,1-3H3. The van der Waals surface area contributed by atoms with Crippen LogP contribution in [-0.4, -0.2) is 26.3 Å². The van der Waals surface area contributed by atoms with Gasteiger partial charge >= 0.3 is 0 Å². The molecule has 0 amide bonds. The summed E-state index contributed by atoms with van der Waals surface area (Å²) in [5.74, 6) is 0.600. The van der Waals surface area contributed by atoms with E-state index in [1.165, 1.54) is 9.13 Å². The van der Waals surface area contributed by atoms with E-state index < -0.39 is 0 Å². The summed E-state index contributed by atoms with van der Waals surface area (Å²) in [5.41, 5.74) is 1.41. The first-order valence-electron chi connectivity index (χ1n) is 6.62. The lowest BCUT2D eigenvalue weighted by molar-refractivity contribution is 0.149. The van der Waals surface area contributed by atoms with E-state index in [2.05, 4.69) is 66.0 Å². The maximum absolute atomic E-state index is 5.22. The van der Waals surface area contributed by atoms with Gasteiger partial charge in [0.2, 0.25) is 0 Å². The molecule has 0 radical (unpaired) electrons. The van der Waals surface area contributed by atoms with Gasteiger partial charge in [-0.15, -0.1) is 0 Å². The Labute approximate surface area is 125 Å². The van der Waals surface area contributed by atoms with Crippen LogP contribution in [0.15, 0.2) is 24.3 Å². The predicted octanol–water partition coefficient (Wildman–Crippen LogP) is 3.48. The summed E-state index contributed by atoms with van der Waals surface area (Å²) in [6.45, 7) is 6.28. The molecule has 102 valence electrons. The number of methoxy groups -OCH3 is 1. The van der Waals surface area contributed by atoms with Gasteiger partial charge in [-0.2, -0.15) is 0 Å². The summed E-state index contributed by atoms with van der Waals surface area (Å²) >= 11 is 2.35. The van der Waals surface area contributed by atoms with Crippen molar-refractivity contribution in [2.75, 3.05) is 20.3 Å². The summed E-state index contributed by atoms with van der Waals surface area (Å²) in [6, 6.07) is 9.36. The van der Waals surface area contributed by atoms with Crippen molar-refractivity contribution in [1.82, 2.24) is 5.32 Å². The van der Waals surface area contributed by atoms with E-state index in [1.54, 1.807) is 7.11 Å². The highest BCUT2D eigenvalue weighted by Gasteiger charge is 2.13. The van der Waals surface area contributed by atoms with Crippen molar-refractivity contribution in [3.63, 3.8) is 0 Å². The molecule has 0 aliphatic carbocycles. The minimum Gasteiger partial charge on any atom is -0.384 e. The van der Waals surface area contributed by atoms with Crippen LogP contribution in [0.3, 0.4) is 0 Å². The van der Waals surface area contributed by atoms with Gasteiger partial charge in [-0.3, -0.25) is 0 Å². The van der Waals surface area contributed by atoms with Crippen LogP contribution in [0.4, 0.5) is 0 Å². The second-order valence-electron chi connectivity index (χ2n) is 4.88. The summed E-state index contributed by atoms with van der Waals surface area (Å²) < 4.78 is 6.52. The summed E-state index contributed by atoms with van der Waals surface area (Å²) in [4.78, 5) is 0. The largest absolute Gasteiger partial charge is 0.384 e. The van der Waals surface area contributed by atoms with Crippen molar-refractivity contribution < 1.29 is 4.74 Å². The zero-order valence-corrected chi connectivity index (χ0v) is 13.7. The number of benzene rings is 1. The smallest absolute Gasteiger partial charge is 0.0488 e. The van der Waals surface area contributed by atoms with E-state index >= 15 is 0 Å². The zero-order chi connectivity index (χ0) is 13.4. The number of halogens is 1. The van der Waals surface area contributed by atoms with Crippen molar-refractivity contribution in [2.24, 2.45) is 5.92 Å². The minimum atomic E-state index is 0.542. The molecular weight excluding hydrogens is 337 g/mol. The second kappa shape index (κ2) is 8.88. The van der Waals surface area contributed by atoms with Gasteiger partial charge in [0, 0.05) is 23.3 Å². The molecule has 1 aromatic carbocycles. The number of rotatable bonds is 8. The Hall–Kier alpha value is -0.130. The van der Waals surface area contributed by atoms with Crippen LogP contribution in [0, 0.1) is 9.49 Å². The van der Waals surface area contributed by atoms with Crippen LogP contribution < -0.4 is 5.32 Å². The van der Waals surface area contributed by atoms with Crippen molar-refractivity contribution in [3.05, 3.63) is 33.4 Å². The number of hydrogen-bond acceptors (Lipinski definition) is 2. The molecule has 2 nitrogen and oxygen atoms in total. The topological polar surface area (TPSA) is 21.3 Å². The Morgan fingerprint density at radius 1 is 1.28 bits per heavy atom. The molecule has 2 unspecified atom stereocenters. The predicted molar refractivity (Wildman–Crippen MR) is 86.0 cm³/mol. The third kappa shape index (κ3) is 6.16. The summed E-state index contributed by atoms with van der Waals surface area (Å²) in [5, 5.41) is 3.58. The zero-order valence-electron chi connectivity index (χ0n) is 11.6. The highest BCUT2D eigenvalue weighted by molar-refractivity contribution is 14.1. The number of hydrogen-bond donors (Lipinski definition) is 1. The molecule has 1 rings (SSSR count). The van der Waals surface area contributed by atoms with E-state index in [1.807, 2.05) is 0 Å². The van der Waals surface area contributed by atoms with E-state index in [4.69, 9.17) is 4.74 Å². The first-order valence-corrected chi connectivity index (χ1v) is 7.70. The molecule has 0 fully saturated rings. The molecule has 0 heterocycles. The van der Waals surface area contributed by atoms with Crippen LogP contribution in [-0.2, 0) is 11.2 Å². The van der Waals surface area contributed by atoms with Gasteiger partial charge in [0.1, 0.15) is 0 Å². The second-order valence-corrected chi connectivity index (χ2v) is 6.13. The number of nitrogens with one attached hydrogen (secondary N) is 1. The molecule has 0 saturated carbocycles. The van der Waals surface area contributed by atoms with Gasteiger partial charge in [0.25, 0.3) is 0 Å². The third-order valence-corrected chi connectivity index (χ3v) is 3.75. The number of ether oxygens (including phenoxy) is 1. The fraction of sp³-hybridized carbons (Fsp3) is 0.600. The van der Waals surface area contributed by atoms with Gasteiger partial charge in [-0.25, -0.2) is 0 Å². The van der Waals surface area contributed by atoms with Crippen LogP contribution in [0.2, 0.25) is 0 Å². The highest BCUT2D eigenvalue weighted by Crippen LogP contribution is 2.13. The van der Waals surface area contributed by atoms with E-state index in [-0.39, 0.29) is 0 Å². The van der Waals surface area contributed by atoms with Crippen LogP contribution in [0.1, 0.15) is 25.8 Å². The molecule has 0 aromatic heterocycles. The van der Waals surface area contributed by atoms with Gasteiger partial charge in [0.15, 0.2) is 0 Å². The quantitative estimate of drug-likeness (QED) is 0.716. The molecule has 18 heavy (non-hydrogen) atoms. The average molecular weight is 361 g/mol. The Morgan fingerprint density at radius 3 is 2.50 bits per heavy atom. The van der Waals surface area contributed by atoms with E-state index in [0.717, 1.165) is 26.0 Å². The molecule has 1 aromatic rings. The fourth-order valence-corrected chi connectivity index (χ4v) is 2.63. The van der Waals surface area contributed by atoms with Crippen molar-refractivity contribution in [3.8, 4) is 0 Å². The number of likely N-dealkylation sites (N-methyl/N-ethyl adjacent to an activating group) is 1. The fourth-order valence-electron chi connectivity index (χ4n) is 2.27. The van der Waals surface area contributed by atoms with Gasteiger partial charge in [0.05, 0.1) is 0 Å². The van der Waals surface area contributed by atoms with Crippen molar-refractivity contribution in [1.29, 1.82) is 0 Å². The van der Waals surface area contributed by atoms with Crippen molar-refractivity contribution >= 4 is 22.6 Å². The first kappa shape index (κ1) is 15.9. The van der Waals surface area contributed by atoms with Gasteiger partial charge in [-0.1, -0.05) is 26.0 Å². The van der Waals surface area contributed by atoms with Crippen LogP contribution in [0.25, 0.3) is 0 Å². The highest BCUT2D eigenvalue weighted by atomic mass is 127. The molecule has 3 heteroatoms. The molecule has 1 N–H and O–H groups in total. The maximum atomic E-state index is 5.22. The normalized spacial score (nSPS) is 14.4. The third-order valence-electron chi connectivity index (χ3n) is 3.03. The maximum Gasteiger partial charge on any atom is 0.0488 e. The molecule has 0 spiro atoms. The SMILES string of the molecule is CCNC(Cc1ccc(I)cc1)CC(C)COC. The first-order chi connectivity index (χ1) is 8.65. The van der Waals surface area contributed by atoms with Crippen LogP contribution >= 0.6 is 22.6 Å².